The first-order chi connectivity index (χ1) is 8.88. The van der Waals surface area contributed by atoms with E-state index in [1.807, 2.05) is 20.8 Å². The summed E-state index contributed by atoms with van der Waals surface area (Å²) in [6.07, 6.45) is 0. The normalized spacial score (nSPS) is 11.8. The van der Waals surface area contributed by atoms with Gasteiger partial charge in [-0.05, 0) is 37.1 Å². The van der Waals surface area contributed by atoms with E-state index in [9.17, 15) is 9.59 Å². The van der Waals surface area contributed by atoms with Crippen LogP contribution in [0.2, 0.25) is 0 Å². The summed E-state index contributed by atoms with van der Waals surface area (Å²) in [6, 6.07) is 6.84. The third-order valence-electron chi connectivity index (χ3n) is 2.82. The Kier molecular flexibility index (Phi) is 5.36. The maximum atomic E-state index is 11.7. The quantitative estimate of drug-likeness (QED) is 0.781. The molecule has 104 valence electrons. The molecule has 1 aromatic rings. The second kappa shape index (κ2) is 6.78. The van der Waals surface area contributed by atoms with Crippen LogP contribution in [0.5, 0.6) is 0 Å². The van der Waals surface area contributed by atoms with E-state index in [-0.39, 0.29) is 18.0 Å². The molecule has 1 atom stereocenters. The summed E-state index contributed by atoms with van der Waals surface area (Å²) < 4.78 is 0. The number of carbonyl (C=O) groups is 2. The van der Waals surface area contributed by atoms with Gasteiger partial charge in [0.1, 0.15) is 0 Å². The molecule has 0 aliphatic carbocycles. The minimum Gasteiger partial charge on any atom is -0.335 e. The van der Waals surface area contributed by atoms with Gasteiger partial charge in [0, 0.05) is 24.3 Å². The number of benzene rings is 1. The maximum Gasteiger partial charge on any atom is 0.319 e. The molecule has 1 rings (SSSR count). The van der Waals surface area contributed by atoms with Crippen LogP contribution in [0.1, 0.15) is 27.7 Å². The molecule has 0 saturated heterocycles. The molecule has 5 nitrogen and oxygen atoms in total. The Labute approximate surface area is 113 Å². The lowest BCUT2D eigenvalue weighted by Crippen LogP contribution is -2.38. The van der Waals surface area contributed by atoms with Crippen molar-refractivity contribution in [3.05, 3.63) is 24.3 Å². The highest BCUT2D eigenvalue weighted by Crippen LogP contribution is 2.13. The molecule has 0 aliphatic rings. The number of nitrogens with one attached hydrogen (secondary N) is 3. The molecular weight excluding hydrogens is 242 g/mol. The zero-order chi connectivity index (χ0) is 14.4. The van der Waals surface area contributed by atoms with E-state index in [0.717, 1.165) is 0 Å². The largest absolute Gasteiger partial charge is 0.335 e. The third kappa shape index (κ3) is 5.42. The summed E-state index contributed by atoms with van der Waals surface area (Å²) in [6.45, 7) is 7.51. The van der Waals surface area contributed by atoms with Crippen LogP contribution in [0.4, 0.5) is 16.2 Å². The van der Waals surface area contributed by atoms with Crippen LogP contribution >= 0.6 is 0 Å². The van der Waals surface area contributed by atoms with Crippen molar-refractivity contribution in [2.24, 2.45) is 5.92 Å². The number of hydrogen-bond acceptors (Lipinski definition) is 2. The zero-order valence-corrected chi connectivity index (χ0v) is 11.8. The van der Waals surface area contributed by atoms with E-state index in [0.29, 0.717) is 17.3 Å². The molecule has 1 aromatic carbocycles. The first kappa shape index (κ1) is 15.0. The predicted molar refractivity (Wildman–Crippen MR) is 77.2 cm³/mol. The molecule has 0 aromatic heterocycles. The topological polar surface area (TPSA) is 70.2 Å². The molecule has 0 heterocycles. The zero-order valence-electron chi connectivity index (χ0n) is 11.8. The van der Waals surface area contributed by atoms with Crippen molar-refractivity contribution in [1.82, 2.24) is 5.32 Å². The lowest BCUT2D eigenvalue weighted by Gasteiger charge is -2.17. The van der Waals surface area contributed by atoms with E-state index in [4.69, 9.17) is 0 Å². The molecular formula is C14H21N3O2. The van der Waals surface area contributed by atoms with Gasteiger partial charge in [-0.25, -0.2) is 4.79 Å². The van der Waals surface area contributed by atoms with Crippen molar-refractivity contribution >= 4 is 23.3 Å². The summed E-state index contributed by atoms with van der Waals surface area (Å²) in [5.41, 5.74) is 1.39. The fraction of sp³-hybridized carbons (Fsp3) is 0.429. The Morgan fingerprint density at radius 1 is 0.947 bits per heavy atom. The van der Waals surface area contributed by atoms with Crippen LogP contribution in [0.3, 0.4) is 0 Å². The van der Waals surface area contributed by atoms with Crippen LogP contribution < -0.4 is 16.0 Å². The Hall–Kier alpha value is -2.04. The highest BCUT2D eigenvalue weighted by molar-refractivity contribution is 5.91. The lowest BCUT2D eigenvalue weighted by molar-refractivity contribution is -0.114. The van der Waals surface area contributed by atoms with Crippen LogP contribution in [0.25, 0.3) is 0 Å². The standard InChI is InChI=1S/C14H21N3O2/c1-9(2)10(3)15-14(19)17-13-7-5-12(6-8-13)16-11(4)18/h5-10H,1-4H3,(H,16,18)(H2,15,17,19)/t10-/m1/s1. The van der Waals surface area contributed by atoms with Crippen molar-refractivity contribution in [2.75, 3.05) is 10.6 Å². The number of anilines is 2. The SMILES string of the molecule is CC(=O)Nc1ccc(NC(=O)N[C@H](C)C(C)C)cc1. The van der Waals surface area contributed by atoms with Crippen molar-refractivity contribution < 1.29 is 9.59 Å². The van der Waals surface area contributed by atoms with Crippen molar-refractivity contribution in [3.63, 3.8) is 0 Å². The van der Waals surface area contributed by atoms with Gasteiger partial charge in [-0.15, -0.1) is 0 Å². The highest BCUT2D eigenvalue weighted by Gasteiger charge is 2.10. The van der Waals surface area contributed by atoms with Gasteiger partial charge in [0.05, 0.1) is 0 Å². The average molecular weight is 263 g/mol. The molecule has 19 heavy (non-hydrogen) atoms. The Balaban J connectivity index is 2.53. The minimum absolute atomic E-state index is 0.110. The minimum atomic E-state index is -0.228. The van der Waals surface area contributed by atoms with Crippen molar-refractivity contribution in [3.8, 4) is 0 Å². The van der Waals surface area contributed by atoms with Gasteiger partial charge < -0.3 is 16.0 Å². The fourth-order valence-corrected chi connectivity index (χ4v) is 1.38. The molecule has 3 amide bonds. The third-order valence-corrected chi connectivity index (χ3v) is 2.82. The predicted octanol–water partition coefficient (Wildman–Crippen LogP) is 2.81. The smallest absolute Gasteiger partial charge is 0.319 e. The second-order valence-corrected chi connectivity index (χ2v) is 4.89. The van der Waals surface area contributed by atoms with E-state index < -0.39 is 0 Å². The molecule has 0 bridgehead atoms. The molecule has 0 fully saturated rings. The summed E-state index contributed by atoms with van der Waals surface area (Å²) in [5.74, 6) is 0.261. The van der Waals surface area contributed by atoms with Crippen LogP contribution in [0, 0.1) is 5.92 Å². The molecule has 0 unspecified atom stereocenters. The second-order valence-electron chi connectivity index (χ2n) is 4.89. The number of hydrogen-bond donors (Lipinski definition) is 3. The molecule has 0 spiro atoms. The van der Waals surface area contributed by atoms with Crippen LogP contribution in [-0.4, -0.2) is 18.0 Å². The average Bonchev–Trinajstić information content (AvgIpc) is 2.30. The number of carbonyl (C=O) groups excluding carboxylic acids is 2. The Morgan fingerprint density at radius 3 is 1.84 bits per heavy atom. The summed E-state index contributed by atoms with van der Waals surface area (Å²) in [5, 5.41) is 8.27. The lowest BCUT2D eigenvalue weighted by atomic mass is 10.1. The van der Waals surface area contributed by atoms with E-state index in [1.54, 1.807) is 24.3 Å². The number of amides is 3. The van der Waals surface area contributed by atoms with E-state index in [2.05, 4.69) is 16.0 Å². The summed E-state index contributed by atoms with van der Waals surface area (Å²) >= 11 is 0. The molecule has 0 saturated carbocycles. The molecule has 3 N–H and O–H groups in total. The Bertz CT molecular complexity index is 441. The van der Waals surface area contributed by atoms with Crippen molar-refractivity contribution in [2.45, 2.75) is 33.7 Å². The van der Waals surface area contributed by atoms with Crippen LogP contribution in [-0.2, 0) is 4.79 Å². The molecule has 5 heteroatoms. The van der Waals surface area contributed by atoms with Gasteiger partial charge in [0.2, 0.25) is 5.91 Å². The summed E-state index contributed by atoms with van der Waals surface area (Å²) in [4.78, 5) is 22.6. The first-order valence-corrected chi connectivity index (χ1v) is 6.33. The molecule has 0 radical (unpaired) electrons. The molecule has 0 aliphatic heterocycles. The van der Waals surface area contributed by atoms with Gasteiger partial charge in [-0.1, -0.05) is 13.8 Å². The van der Waals surface area contributed by atoms with E-state index in [1.165, 1.54) is 6.92 Å². The van der Waals surface area contributed by atoms with Gasteiger partial charge >= 0.3 is 6.03 Å². The fourth-order valence-electron chi connectivity index (χ4n) is 1.38. The van der Waals surface area contributed by atoms with E-state index >= 15 is 0 Å². The Morgan fingerprint density at radius 2 is 1.42 bits per heavy atom. The number of urea groups is 1. The van der Waals surface area contributed by atoms with Gasteiger partial charge in [-0.3, -0.25) is 4.79 Å². The maximum absolute atomic E-state index is 11.7. The number of rotatable bonds is 4. The van der Waals surface area contributed by atoms with Crippen LogP contribution in [0.15, 0.2) is 24.3 Å². The highest BCUT2D eigenvalue weighted by atomic mass is 16.2. The first-order valence-electron chi connectivity index (χ1n) is 6.33. The summed E-state index contributed by atoms with van der Waals surface area (Å²) in [7, 11) is 0. The van der Waals surface area contributed by atoms with Crippen molar-refractivity contribution in [1.29, 1.82) is 0 Å². The van der Waals surface area contributed by atoms with Gasteiger partial charge in [0.15, 0.2) is 0 Å². The van der Waals surface area contributed by atoms with Gasteiger partial charge in [-0.2, -0.15) is 0 Å². The monoisotopic (exact) mass is 263 g/mol. The van der Waals surface area contributed by atoms with Gasteiger partial charge in [0.25, 0.3) is 0 Å².